The largest absolute Gasteiger partial charge is 0.336 e. The Morgan fingerprint density at radius 1 is 1.53 bits per heavy atom. The number of likely N-dealkylation sites (tertiary alicyclic amines) is 1. The van der Waals surface area contributed by atoms with E-state index < -0.39 is 0 Å². The van der Waals surface area contributed by atoms with Gasteiger partial charge in [0, 0.05) is 17.1 Å². The summed E-state index contributed by atoms with van der Waals surface area (Å²) in [6.45, 7) is 4.48. The van der Waals surface area contributed by atoms with Crippen molar-refractivity contribution in [2.45, 2.75) is 32.7 Å². The minimum Gasteiger partial charge on any atom is -0.336 e. The molecule has 17 heavy (non-hydrogen) atoms. The lowest BCUT2D eigenvalue weighted by molar-refractivity contribution is 0.0746. The van der Waals surface area contributed by atoms with Crippen molar-refractivity contribution in [3.63, 3.8) is 0 Å². The minimum absolute atomic E-state index is 0.0826. The maximum atomic E-state index is 13.5. The number of hydrogen-bond donors (Lipinski definition) is 0. The lowest BCUT2D eigenvalue weighted by Crippen LogP contribution is -2.33. The molecular weight excluding hydrogens is 285 g/mol. The summed E-state index contributed by atoms with van der Waals surface area (Å²) in [4.78, 5) is 14.1. The third-order valence-electron chi connectivity index (χ3n) is 3.29. The fourth-order valence-electron chi connectivity index (χ4n) is 2.20. The molecule has 1 heterocycles. The molecule has 1 atom stereocenters. The summed E-state index contributed by atoms with van der Waals surface area (Å²) in [6.07, 6.45) is 2.05. The first kappa shape index (κ1) is 12.6. The van der Waals surface area contributed by atoms with Gasteiger partial charge in [-0.05, 0) is 60.3 Å². The van der Waals surface area contributed by atoms with Crippen LogP contribution >= 0.6 is 15.9 Å². The van der Waals surface area contributed by atoms with Crippen LogP contribution < -0.4 is 0 Å². The van der Waals surface area contributed by atoms with Gasteiger partial charge < -0.3 is 4.90 Å². The van der Waals surface area contributed by atoms with E-state index in [1.807, 2.05) is 11.8 Å². The van der Waals surface area contributed by atoms with Crippen LogP contribution in [0.25, 0.3) is 0 Å². The number of carbonyl (C=O) groups excluding carboxylic acids is 1. The highest BCUT2D eigenvalue weighted by atomic mass is 79.9. The zero-order chi connectivity index (χ0) is 12.6. The monoisotopic (exact) mass is 299 g/mol. The van der Waals surface area contributed by atoms with Gasteiger partial charge in [0.05, 0.1) is 5.56 Å². The summed E-state index contributed by atoms with van der Waals surface area (Å²) in [7, 11) is 0. The minimum atomic E-state index is -0.330. The quantitative estimate of drug-likeness (QED) is 0.777. The number of amides is 1. The van der Waals surface area contributed by atoms with Crippen LogP contribution in [0.2, 0.25) is 0 Å². The van der Waals surface area contributed by atoms with Crippen LogP contribution in [0.15, 0.2) is 16.6 Å². The first-order valence-corrected chi connectivity index (χ1v) is 6.56. The zero-order valence-electron chi connectivity index (χ0n) is 9.96. The van der Waals surface area contributed by atoms with E-state index in [4.69, 9.17) is 0 Å². The van der Waals surface area contributed by atoms with E-state index in [1.165, 1.54) is 6.07 Å². The molecule has 0 N–H and O–H groups in total. The standard InChI is InChI=1S/C13H15BrFNO/c1-8-6-11(14)10(7-12(8)15)13(17)16-5-3-4-9(16)2/h6-7,9H,3-5H2,1-2H3/t9-/m0/s1. The molecule has 0 unspecified atom stereocenters. The van der Waals surface area contributed by atoms with Gasteiger partial charge in [0.25, 0.3) is 5.91 Å². The molecule has 1 aliphatic heterocycles. The maximum absolute atomic E-state index is 13.5. The molecule has 2 nitrogen and oxygen atoms in total. The molecule has 92 valence electrons. The van der Waals surface area contributed by atoms with Crippen molar-refractivity contribution in [3.8, 4) is 0 Å². The van der Waals surface area contributed by atoms with E-state index in [0.717, 1.165) is 19.4 Å². The van der Waals surface area contributed by atoms with Gasteiger partial charge in [0.2, 0.25) is 0 Å². The second kappa shape index (κ2) is 4.77. The van der Waals surface area contributed by atoms with Gasteiger partial charge in [-0.15, -0.1) is 0 Å². The highest BCUT2D eigenvalue weighted by Crippen LogP contribution is 2.26. The molecule has 4 heteroatoms. The molecule has 1 amide bonds. The van der Waals surface area contributed by atoms with Gasteiger partial charge in [-0.1, -0.05) is 0 Å². The van der Waals surface area contributed by atoms with Crippen LogP contribution in [0, 0.1) is 12.7 Å². The highest BCUT2D eigenvalue weighted by molar-refractivity contribution is 9.10. The molecule has 0 radical (unpaired) electrons. The van der Waals surface area contributed by atoms with Crippen molar-refractivity contribution in [1.82, 2.24) is 4.90 Å². The van der Waals surface area contributed by atoms with Gasteiger partial charge in [-0.3, -0.25) is 4.79 Å². The molecule has 2 rings (SSSR count). The Morgan fingerprint density at radius 2 is 2.24 bits per heavy atom. The van der Waals surface area contributed by atoms with Crippen LogP contribution in [-0.4, -0.2) is 23.4 Å². The van der Waals surface area contributed by atoms with E-state index in [9.17, 15) is 9.18 Å². The Bertz CT molecular complexity index is 461. The Balaban J connectivity index is 2.34. The fourth-order valence-corrected chi connectivity index (χ4v) is 2.83. The van der Waals surface area contributed by atoms with Gasteiger partial charge in [0.15, 0.2) is 0 Å². The molecule has 0 saturated carbocycles. The summed E-state index contributed by atoms with van der Waals surface area (Å²) < 4.78 is 14.2. The van der Waals surface area contributed by atoms with E-state index >= 15 is 0 Å². The second-order valence-electron chi connectivity index (χ2n) is 4.57. The Morgan fingerprint density at radius 3 is 2.82 bits per heavy atom. The smallest absolute Gasteiger partial charge is 0.255 e. The van der Waals surface area contributed by atoms with E-state index in [0.29, 0.717) is 15.6 Å². The van der Waals surface area contributed by atoms with Gasteiger partial charge in [-0.25, -0.2) is 4.39 Å². The molecule has 0 aliphatic carbocycles. The average Bonchev–Trinajstić information content (AvgIpc) is 2.69. The van der Waals surface area contributed by atoms with Crippen LogP contribution in [-0.2, 0) is 0 Å². The summed E-state index contributed by atoms with van der Waals surface area (Å²) in [5.41, 5.74) is 0.963. The molecule has 1 saturated heterocycles. The van der Waals surface area contributed by atoms with Crippen molar-refractivity contribution in [1.29, 1.82) is 0 Å². The SMILES string of the molecule is Cc1cc(Br)c(C(=O)N2CCC[C@@H]2C)cc1F. The van der Waals surface area contributed by atoms with Crippen LogP contribution in [0.1, 0.15) is 35.7 Å². The Kier molecular flexibility index (Phi) is 3.52. The Labute approximate surface area is 109 Å². The summed E-state index contributed by atoms with van der Waals surface area (Å²) in [6, 6.07) is 3.23. The normalized spacial score (nSPS) is 19.8. The summed E-state index contributed by atoms with van der Waals surface area (Å²) in [5.74, 6) is -0.413. The molecule has 1 aliphatic rings. The van der Waals surface area contributed by atoms with Crippen molar-refractivity contribution in [2.75, 3.05) is 6.54 Å². The average molecular weight is 300 g/mol. The molecule has 1 aromatic carbocycles. The third kappa shape index (κ3) is 2.37. The molecule has 0 spiro atoms. The first-order valence-electron chi connectivity index (χ1n) is 5.77. The molecule has 1 fully saturated rings. The van der Waals surface area contributed by atoms with E-state index in [2.05, 4.69) is 15.9 Å². The van der Waals surface area contributed by atoms with E-state index in [-0.39, 0.29) is 17.8 Å². The summed E-state index contributed by atoms with van der Waals surface area (Å²) >= 11 is 3.33. The molecule has 0 aromatic heterocycles. The van der Waals surface area contributed by atoms with Gasteiger partial charge in [-0.2, -0.15) is 0 Å². The van der Waals surface area contributed by atoms with Gasteiger partial charge in [0.1, 0.15) is 5.82 Å². The van der Waals surface area contributed by atoms with Crippen molar-refractivity contribution < 1.29 is 9.18 Å². The third-order valence-corrected chi connectivity index (χ3v) is 3.95. The first-order chi connectivity index (χ1) is 8.00. The molecule has 1 aromatic rings. The van der Waals surface area contributed by atoms with Crippen LogP contribution in [0.5, 0.6) is 0 Å². The number of nitrogens with zero attached hydrogens (tertiary/aromatic N) is 1. The number of halogens is 2. The van der Waals surface area contributed by atoms with E-state index in [1.54, 1.807) is 13.0 Å². The number of aryl methyl sites for hydroxylation is 1. The number of benzene rings is 1. The van der Waals surface area contributed by atoms with Crippen LogP contribution in [0.3, 0.4) is 0 Å². The predicted molar refractivity (Wildman–Crippen MR) is 68.6 cm³/mol. The topological polar surface area (TPSA) is 20.3 Å². The lowest BCUT2D eigenvalue weighted by Gasteiger charge is -2.22. The van der Waals surface area contributed by atoms with Crippen molar-refractivity contribution in [3.05, 3.63) is 33.5 Å². The number of carbonyl (C=O) groups is 1. The summed E-state index contributed by atoms with van der Waals surface area (Å²) in [5, 5.41) is 0. The number of rotatable bonds is 1. The fraction of sp³-hybridized carbons (Fsp3) is 0.462. The molecule has 0 bridgehead atoms. The maximum Gasteiger partial charge on any atom is 0.255 e. The van der Waals surface area contributed by atoms with Crippen molar-refractivity contribution in [2.24, 2.45) is 0 Å². The predicted octanol–water partition coefficient (Wildman–Crippen LogP) is 3.52. The zero-order valence-corrected chi connectivity index (χ0v) is 11.6. The lowest BCUT2D eigenvalue weighted by atomic mass is 10.1. The second-order valence-corrected chi connectivity index (χ2v) is 5.43. The van der Waals surface area contributed by atoms with Crippen LogP contribution in [0.4, 0.5) is 4.39 Å². The Hall–Kier alpha value is -0.900. The van der Waals surface area contributed by atoms with Gasteiger partial charge >= 0.3 is 0 Å². The van der Waals surface area contributed by atoms with Crippen molar-refractivity contribution >= 4 is 21.8 Å². The highest BCUT2D eigenvalue weighted by Gasteiger charge is 2.27. The molecular formula is C13H15BrFNO. The number of hydrogen-bond acceptors (Lipinski definition) is 1.